The standard InChI is InChI=1S/C23H34N2O4/c1-3-28-18-20(26)24-22(2)13-17-29-23(21(22)27)11-15-25(16-12-23)14-7-10-19-8-5-4-6-9-19/h4-10,21,27H,3,11-18H2,1-2H3,(H,24,26)/b10-7+/t21-,22+/m1/s1. The molecule has 6 heteroatoms. The SMILES string of the molecule is CCOCC(=O)N[C@@]1(C)CCOC2(CCN(C/C=C/c3ccccc3)CC2)[C@@H]1O. The van der Waals surface area contributed by atoms with E-state index in [9.17, 15) is 9.90 Å². The Bertz CT molecular complexity index is 685. The van der Waals surface area contributed by atoms with E-state index in [0.29, 0.717) is 19.6 Å². The topological polar surface area (TPSA) is 71.0 Å². The van der Waals surface area contributed by atoms with Gasteiger partial charge < -0.3 is 19.9 Å². The van der Waals surface area contributed by atoms with E-state index in [1.165, 1.54) is 5.56 Å². The van der Waals surface area contributed by atoms with Crippen molar-refractivity contribution in [3.63, 3.8) is 0 Å². The molecule has 0 bridgehead atoms. The van der Waals surface area contributed by atoms with Crippen LogP contribution < -0.4 is 5.32 Å². The molecule has 1 aromatic carbocycles. The molecule has 2 N–H and O–H groups in total. The summed E-state index contributed by atoms with van der Waals surface area (Å²) < 4.78 is 11.3. The van der Waals surface area contributed by atoms with Crippen LogP contribution in [-0.4, -0.2) is 72.6 Å². The largest absolute Gasteiger partial charge is 0.388 e. The summed E-state index contributed by atoms with van der Waals surface area (Å²) in [6.45, 7) is 7.43. The van der Waals surface area contributed by atoms with Gasteiger partial charge in [-0.05, 0) is 38.7 Å². The third-order valence-corrected chi connectivity index (χ3v) is 6.15. The number of amides is 1. The minimum atomic E-state index is -0.740. The Morgan fingerprint density at radius 1 is 1.31 bits per heavy atom. The van der Waals surface area contributed by atoms with Crippen LogP contribution >= 0.6 is 0 Å². The molecule has 2 fully saturated rings. The number of carbonyl (C=O) groups excluding carboxylic acids is 1. The van der Waals surface area contributed by atoms with E-state index in [1.807, 2.05) is 32.0 Å². The molecular formula is C23H34N2O4. The van der Waals surface area contributed by atoms with Crippen molar-refractivity contribution < 1.29 is 19.4 Å². The summed E-state index contributed by atoms with van der Waals surface area (Å²) in [5, 5.41) is 14.2. The van der Waals surface area contributed by atoms with Gasteiger partial charge in [0.25, 0.3) is 0 Å². The number of rotatable bonds is 7. The molecule has 160 valence electrons. The third-order valence-electron chi connectivity index (χ3n) is 6.15. The minimum absolute atomic E-state index is 0.0220. The molecule has 29 heavy (non-hydrogen) atoms. The van der Waals surface area contributed by atoms with Gasteiger partial charge in [-0.15, -0.1) is 0 Å². The fraction of sp³-hybridized carbons (Fsp3) is 0.609. The van der Waals surface area contributed by atoms with Crippen molar-refractivity contribution in [2.45, 2.75) is 50.4 Å². The molecule has 1 aromatic rings. The first-order valence-corrected chi connectivity index (χ1v) is 10.6. The molecule has 1 amide bonds. The molecule has 0 saturated carbocycles. The predicted octanol–water partition coefficient (Wildman–Crippen LogP) is 2.23. The number of benzene rings is 1. The van der Waals surface area contributed by atoms with Gasteiger partial charge in [0, 0.05) is 32.8 Å². The molecule has 2 atom stereocenters. The summed E-state index contributed by atoms with van der Waals surface area (Å²) in [4.78, 5) is 14.6. The average Bonchev–Trinajstić information content (AvgIpc) is 2.73. The van der Waals surface area contributed by atoms with Gasteiger partial charge in [0.15, 0.2) is 0 Å². The molecule has 6 nitrogen and oxygen atoms in total. The van der Waals surface area contributed by atoms with Crippen LogP contribution in [-0.2, 0) is 14.3 Å². The fourth-order valence-electron chi connectivity index (χ4n) is 4.38. The quantitative estimate of drug-likeness (QED) is 0.732. The van der Waals surface area contributed by atoms with Crippen molar-refractivity contribution in [3.05, 3.63) is 42.0 Å². The van der Waals surface area contributed by atoms with E-state index in [0.717, 1.165) is 32.5 Å². The lowest BCUT2D eigenvalue weighted by atomic mass is 9.73. The summed E-state index contributed by atoms with van der Waals surface area (Å²) in [6, 6.07) is 10.3. The van der Waals surface area contributed by atoms with Crippen LogP contribution in [0.3, 0.4) is 0 Å². The predicted molar refractivity (Wildman–Crippen MR) is 113 cm³/mol. The Kier molecular flexibility index (Phi) is 7.46. The zero-order chi connectivity index (χ0) is 20.7. The molecule has 3 rings (SSSR count). The lowest BCUT2D eigenvalue weighted by molar-refractivity contribution is -0.207. The van der Waals surface area contributed by atoms with Crippen LogP contribution in [0.25, 0.3) is 6.08 Å². The van der Waals surface area contributed by atoms with E-state index in [4.69, 9.17) is 9.47 Å². The highest BCUT2D eigenvalue weighted by Gasteiger charge is 2.53. The van der Waals surface area contributed by atoms with E-state index in [1.54, 1.807) is 0 Å². The second kappa shape index (κ2) is 9.85. The Morgan fingerprint density at radius 3 is 2.72 bits per heavy atom. The molecule has 0 aliphatic carbocycles. The number of likely N-dealkylation sites (tertiary alicyclic amines) is 1. The van der Waals surface area contributed by atoms with Crippen LogP contribution in [0.2, 0.25) is 0 Å². The van der Waals surface area contributed by atoms with Gasteiger partial charge >= 0.3 is 0 Å². The average molecular weight is 403 g/mol. The van der Waals surface area contributed by atoms with Crippen molar-refractivity contribution >= 4 is 12.0 Å². The van der Waals surface area contributed by atoms with Gasteiger partial charge in [0.05, 0.1) is 11.1 Å². The number of hydrogen-bond donors (Lipinski definition) is 2. The molecule has 0 radical (unpaired) electrons. The number of nitrogens with one attached hydrogen (secondary N) is 1. The van der Waals surface area contributed by atoms with Gasteiger partial charge in [-0.25, -0.2) is 0 Å². The summed E-state index contributed by atoms with van der Waals surface area (Å²) in [7, 11) is 0. The zero-order valence-corrected chi connectivity index (χ0v) is 17.6. The van der Waals surface area contributed by atoms with E-state index >= 15 is 0 Å². The van der Waals surface area contributed by atoms with Crippen molar-refractivity contribution in [1.82, 2.24) is 10.2 Å². The van der Waals surface area contributed by atoms with Gasteiger partial charge in [-0.2, -0.15) is 0 Å². The number of nitrogens with zero attached hydrogens (tertiary/aromatic N) is 1. The maximum Gasteiger partial charge on any atom is 0.246 e. The highest BCUT2D eigenvalue weighted by Crippen LogP contribution is 2.39. The van der Waals surface area contributed by atoms with Crippen LogP contribution in [0.4, 0.5) is 0 Å². The molecule has 1 spiro atoms. The van der Waals surface area contributed by atoms with Crippen molar-refractivity contribution in [2.24, 2.45) is 0 Å². The number of carbonyl (C=O) groups is 1. The first-order chi connectivity index (χ1) is 14.0. The normalized spacial score (nSPS) is 27.3. The van der Waals surface area contributed by atoms with Crippen LogP contribution in [0.15, 0.2) is 36.4 Å². The number of piperidine rings is 1. The third kappa shape index (κ3) is 5.45. The summed E-state index contributed by atoms with van der Waals surface area (Å²) in [5.41, 5.74) is -0.0848. The number of aliphatic hydroxyl groups is 1. The molecule has 0 aromatic heterocycles. The van der Waals surface area contributed by atoms with Crippen molar-refractivity contribution in [2.75, 3.05) is 39.5 Å². The van der Waals surface area contributed by atoms with Crippen LogP contribution in [0.1, 0.15) is 38.7 Å². The van der Waals surface area contributed by atoms with Gasteiger partial charge in [-0.3, -0.25) is 9.69 Å². The van der Waals surface area contributed by atoms with Gasteiger partial charge in [-0.1, -0.05) is 42.5 Å². The summed E-state index contributed by atoms with van der Waals surface area (Å²) in [6.07, 6.45) is 5.69. The first-order valence-electron chi connectivity index (χ1n) is 10.6. The highest BCUT2D eigenvalue weighted by molar-refractivity contribution is 5.78. The second-order valence-corrected chi connectivity index (χ2v) is 8.28. The van der Waals surface area contributed by atoms with Crippen LogP contribution in [0, 0.1) is 0 Å². The van der Waals surface area contributed by atoms with E-state index in [2.05, 4.69) is 34.5 Å². The molecule has 2 aliphatic heterocycles. The lowest BCUT2D eigenvalue weighted by Gasteiger charge is -2.53. The highest BCUT2D eigenvalue weighted by atomic mass is 16.5. The van der Waals surface area contributed by atoms with E-state index in [-0.39, 0.29) is 12.5 Å². The number of hydrogen-bond acceptors (Lipinski definition) is 5. The van der Waals surface area contributed by atoms with Crippen LogP contribution in [0.5, 0.6) is 0 Å². The van der Waals surface area contributed by atoms with Gasteiger partial charge in [0.2, 0.25) is 5.91 Å². The lowest BCUT2D eigenvalue weighted by Crippen LogP contribution is -2.69. The smallest absolute Gasteiger partial charge is 0.246 e. The maximum absolute atomic E-state index is 12.2. The Labute approximate surface area is 173 Å². The number of ether oxygens (including phenoxy) is 2. The molecule has 0 unspecified atom stereocenters. The monoisotopic (exact) mass is 402 g/mol. The first kappa shape index (κ1) is 22.0. The van der Waals surface area contributed by atoms with E-state index < -0.39 is 17.2 Å². The maximum atomic E-state index is 12.2. The summed E-state index contributed by atoms with van der Waals surface area (Å²) >= 11 is 0. The Hall–Kier alpha value is -1.73. The zero-order valence-electron chi connectivity index (χ0n) is 17.6. The molecular weight excluding hydrogens is 368 g/mol. The second-order valence-electron chi connectivity index (χ2n) is 8.28. The Morgan fingerprint density at radius 2 is 2.03 bits per heavy atom. The Balaban J connectivity index is 1.54. The summed E-state index contributed by atoms with van der Waals surface area (Å²) in [5.74, 6) is -0.186. The minimum Gasteiger partial charge on any atom is -0.388 e. The molecule has 2 aliphatic rings. The van der Waals surface area contributed by atoms with Gasteiger partial charge in [0.1, 0.15) is 12.7 Å². The molecule has 2 heterocycles. The molecule has 2 saturated heterocycles. The number of aliphatic hydroxyl groups excluding tert-OH is 1. The fourth-order valence-corrected chi connectivity index (χ4v) is 4.38. The van der Waals surface area contributed by atoms with Crippen molar-refractivity contribution in [1.29, 1.82) is 0 Å². The van der Waals surface area contributed by atoms with Crippen molar-refractivity contribution in [3.8, 4) is 0 Å².